The maximum absolute atomic E-state index is 14.1. The molecule has 0 atom stereocenters. The van der Waals surface area contributed by atoms with Crippen LogP contribution in [0.5, 0.6) is 5.75 Å². The summed E-state index contributed by atoms with van der Waals surface area (Å²) >= 11 is 0. The molecule has 24 heavy (non-hydrogen) atoms. The summed E-state index contributed by atoms with van der Waals surface area (Å²) in [6.07, 6.45) is 12.5. The van der Waals surface area contributed by atoms with E-state index in [0.717, 1.165) is 30.6 Å². The van der Waals surface area contributed by atoms with Crippen LogP contribution in [0.1, 0.15) is 70.3 Å². The molecule has 2 aliphatic rings. The maximum Gasteiger partial charge on any atom is 0.200 e. The SMILES string of the molecule is CCOc1ccc(CCCC2CCC(C3CCC3)CC2)c(F)c1F. The quantitative estimate of drug-likeness (QED) is 0.568. The molecule has 0 amide bonds. The zero-order valence-electron chi connectivity index (χ0n) is 14.8. The van der Waals surface area contributed by atoms with Crippen molar-refractivity contribution in [2.75, 3.05) is 6.61 Å². The van der Waals surface area contributed by atoms with Crippen LogP contribution in [0.2, 0.25) is 0 Å². The molecule has 2 saturated carbocycles. The van der Waals surface area contributed by atoms with Crippen LogP contribution in [0.15, 0.2) is 12.1 Å². The van der Waals surface area contributed by atoms with Crippen molar-refractivity contribution in [1.29, 1.82) is 0 Å². The number of ether oxygens (including phenoxy) is 1. The fourth-order valence-electron chi connectivity index (χ4n) is 4.47. The molecule has 0 aliphatic heterocycles. The number of halogens is 2. The van der Waals surface area contributed by atoms with Crippen molar-refractivity contribution in [2.24, 2.45) is 17.8 Å². The zero-order valence-corrected chi connectivity index (χ0v) is 14.8. The van der Waals surface area contributed by atoms with Gasteiger partial charge in [0.1, 0.15) is 0 Å². The molecule has 2 aliphatic carbocycles. The number of rotatable bonds is 7. The van der Waals surface area contributed by atoms with Gasteiger partial charge >= 0.3 is 0 Å². The van der Waals surface area contributed by atoms with Gasteiger partial charge in [-0.2, -0.15) is 4.39 Å². The summed E-state index contributed by atoms with van der Waals surface area (Å²) in [5, 5.41) is 0. The van der Waals surface area contributed by atoms with Gasteiger partial charge in [-0.05, 0) is 62.0 Å². The normalized spacial score (nSPS) is 24.6. The summed E-state index contributed by atoms with van der Waals surface area (Å²) in [7, 11) is 0. The van der Waals surface area contributed by atoms with Crippen molar-refractivity contribution in [3.63, 3.8) is 0 Å². The van der Waals surface area contributed by atoms with E-state index >= 15 is 0 Å². The molecule has 0 N–H and O–H groups in total. The van der Waals surface area contributed by atoms with Crippen molar-refractivity contribution in [3.05, 3.63) is 29.3 Å². The molecule has 0 saturated heterocycles. The highest BCUT2D eigenvalue weighted by molar-refractivity contribution is 5.31. The number of benzene rings is 1. The maximum atomic E-state index is 14.1. The molecule has 3 heteroatoms. The lowest BCUT2D eigenvalue weighted by Gasteiger charge is -2.38. The Hall–Kier alpha value is -1.12. The molecule has 0 bridgehead atoms. The molecule has 0 spiro atoms. The summed E-state index contributed by atoms with van der Waals surface area (Å²) < 4.78 is 33.1. The predicted octanol–water partition coefficient (Wildman–Crippen LogP) is 6.29. The van der Waals surface area contributed by atoms with Gasteiger partial charge in [-0.25, -0.2) is 4.39 Å². The van der Waals surface area contributed by atoms with Crippen molar-refractivity contribution < 1.29 is 13.5 Å². The largest absolute Gasteiger partial charge is 0.491 e. The van der Waals surface area contributed by atoms with Crippen molar-refractivity contribution in [3.8, 4) is 5.75 Å². The minimum absolute atomic E-state index is 0.0214. The van der Waals surface area contributed by atoms with E-state index in [9.17, 15) is 8.78 Å². The molecule has 1 aromatic carbocycles. The minimum Gasteiger partial charge on any atom is -0.491 e. The van der Waals surface area contributed by atoms with Gasteiger partial charge in [-0.1, -0.05) is 44.6 Å². The van der Waals surface area contributed by atoms with Gasteiger partial charge in [-0.3, -0.25) is 0 Å². The third-order valence-corrected chi connectivity index (χ3v) is 6.19. The highest BCUT2D eigenvalue weighted by atomic mass is 19.2. The lowest BCUT2D eigenvalue weighted by atomic mass is 9.68. The molecule has 0 aromatic heterocycles. The van der Waals surface area contributed by atoms with E-state index in [1.54, 1.807) is 19.1 Å². The van der Waals surface area contributed by atoms with Gasteiger partial charge in [0.05, 0.1) is 6.61 Å². The van der Waals surface area contributed by atoms with Crippen LogP contribution in [0.4, 0.5) is 8.78 Å². The molecule has 0 radical (unpaired) electrons. The fourth-order valence-corrected chi connectivity index (χ4v) is 4.47. The van der Waals surface area contributed by atoms with Gasteiger partial charge in [0, 0.05) is 0 Å². The Morgan fingerprint density at radius 1 is 0.958 bits per heavy atom. The molecular formula is C21H30F2O. The summed E-state index contributed by atoms with van der Waals surface area (Å²) in [6, 6.07) is 3.23. The molecule has 1 nitrogen and oxygen atoms in total. The van der Waals surface area contributed by atoms with Crippen LogP contribution in [0.25, 0.3) is 0 Å². The van der Waals surface area contributed by atoms with Gasteiger partial charge in [0.2, 0.25) is 5.82 Å². The number of hydrogen-bond donors (Lipinski definition) is 0. The fraction of sp³-hybridized carbons (Fsp3) is 0.714. The first-order valence-corrected chi connectivity index (χ1v) is 9.78. The van der Waals surface area contributed by atoms with Gasteiger partial charge in [0.25, 0.3) is 0 Å². The lowest BCUT2D eigenvalue weighted by molar-refractivity contribution is 0.135. The molecular weight excluding hydrogens is 306 g/mol. The Labute approximate surface area is 144 Å². The Morgan fingerprint density at radius 3 is 2.29 bits per heavy atom. The van der Waals surface area contributed by atoms with Crippen LogP contribution >= 0.6 is 0 Å². The van der Waals surface area contributed by atoms with Crippen LogP contribution < -0.4 is 4.74 Å². The number of hydrogen-bond acceptors (Lipinski definition) is 1. The van der Waals surface area contributed by atoms with E-state index in [0.29, 0.717) is 18.6 Å². The van der Waals surface area contributed by atoms with E-state index in [2.05, 4.69) is 0 Å². The van der Waals surface area contributed by atoms with Crippen LogP contribution in [-0.2, 0) is 6.42 Å². The van der Waals surface area contributed by atoms with E-state index in [4.69, 9.17) is 4.74 Å². The first-order valence-electron chi connectivity index (χ1n) is 9.78. The monoisotopic (exact) mass is 336 g/mol. The number of aryl methyl sites for hydroxylation is 1. The average Bonchev–Trinajstić information content (AvgIpc) is 2.54. The molecule has 134 valence electrons. The van der Waals surface area contributed by atoms with Crippen LogP contribution in [-0.4, -0.2) is 6.61 Å². The zero-order chi connectivity index (χ0) is 16.9. The Bertz CT molecular complexity index is 531. The van der Waals surface area contributed by atoms with E-state index < -0.39 is 11.6 Å². The summed E-state index contributed by atoms with van der Waals surface area (Å²) in [5.74, 6) is 1.24. The molecule has 3 rings (SSSR count). The second kappa shape index (κ2) is 8.31. The van der Waals surface area contributed by atoms with E-state index in [1.807, 2.05) is 0 Å². The predicted molar refractivity (Wildman–Crippen MR) is 93.3 cm³/mol. The van der Waals surface area contributed by atoms with Gasteiger partial charge in [0.15, 0.2) is 11.6 Å². The summed E-state index contributed by atoms with van der Waals surface area (Å²) in [4.78, 5) is 0. The van der Waals surface area contributed by atoms with Gasteiger partial charge in [-0.15, -0.1) is 0 Å². The van der Waals surface area contributed by atoms with E-state index in [-0.39, 0.29) is 5.75 Å². The summed E-state index contributed by atoms with van der Waals surface area (Å²) in [6.45, 7) is 2.12. The standard InChI is InChI=1S/C21H30F2O/c1-2-24-19-14-13-18(20(22)21(19)23)8-3-5-15-9-11-17(12-10-15)16-6-4-7-16/h13-17H,2-12H2,1H3. The Balaban J connectivity index is 1.42. The topological polar surface area (TPSA) is 9.23 Å². The van der Waals surface area contributed by atoms with Crippen molar-refractivity contribution >= 4 is 0 Å². The second-order valence-corrected chi connectivity index (χ2v) is 7.65. The Morgan fingerprint density at radius 2 is 1.67 bits per heavy atom. The van der Waals surface area contributed by atoms with Crippen LogP contribution in [0, 0.1) is 29.4 Å². The highest BCUT2D eigenvalue weighted by Gasteiger charge is 2.30. The molecule has 0 unspecified atom stereocenters. The highest BCUT2D eigenvalue weighted by Crippen LogP contribution is 2.43. The first kappa shape index (κ1) is 17.7. The summed E-state index contributed by atoms with van der Waals surface area (Å²) in [5.41, 5.74) is 0.485. The third kappa shape index (κ3) is 4.10. The average molecular weight is 336 g/mol. The third-order valence-electron chi connectivity index (χ3n) is 6.19. The smallest absolute Gasteiger partial charge is 0.200 e. The van der Waals surface area contributed by atoms with E-state index in [1.165, 1.54) is 44.9 Å². The molecule has 2 fully saturated rings. The van der Waals surface area contributed by atoms with Gasteiger partial charge < -0.3 is 4.74 Å². The van der Waals surface area contributed by atoms with Crippen molar-refractivity contribution in [1.82, 2.24) is 0 Å². The lowest BCUT2D eigenvalue weighted by Crippen LogP contribution is -2.26. The van der Waals surface area contributed by atoms with Crippen LogP contribution in [0.3, 0.4) is 0 Å². The second-order valence-electron chi connectivity index (χ2n) is 7.65. The first-order chi connectivity index (χ1) is 11.7. The minimum atomic E-state index is -0.838. The Kier molecular flexibility index (Phi) is 6.13. The van der Waals surface area contributed by atoms with Crippen molar-refractivity contribution in [2.45, 2.75) is 71.1 Å². The molecule has 1 aromatic rings. The molecule has 0 heterocycles.